The lowest BCUT2D eigenvalue weighted by Gasteiger charge is -2.25. The summed E-state index contributed by atoms with van der Waals surface area (Å²) in [4.78, 5) is 52.5. The molecule has 0 aliphatic rings. The molecule has 2 aromatic rings. The van der Waals surface area contributed by atoms with Gasteiger partial charge in [0, 0.05) is 49.8 Å². The first-order chi connectivity index (χ1) is 22.1. The molecule has 2 aromatic carbocycles. The van der Waals surface area contributed by atoms with Gasteiger partial charge in [0.2, 0.25) is 5.91 Å². The van der Waals surface area contributed by atoms with Crippen molar-refractivity contribution < 1.29 is 37.8 Å². The Morgan fingerprint density at radius 2 is 1.51 bits per heavy atom. The number of hydrogen-bond donors (Lipinski definition) is 4. The number of halogens is 2. The van der Waals surface area contributed by atoms with Crippen molar-refractivity contribution >= 4 is 23.8 Å². The number of rotatable bonds is 17. The third-order valence-corrected chi connectivity index (χ3v) is 7.03. The number of aryl methyl sites for hydroxylation is 1. The van der Waals surface area contributed by atoms with Crippen LogP contribution in [0.5, 0.6) is 0 Å². The van der Waals surface area contributed by atoms with Crippen molar-refractivity contribution in [2.45, 2.75) is 97.8 Å². The van der Waals surface area contributed by atoms with Crippen LogP contribution in [-0.4, -0.2) is 77.7 Å². The smallest absolute Gasteiger partial charge is 0.407 e. The summed E-state index contributed by atoms with van der Waals surface area (Å²) in [6.45, 7) is 12.5. The second-order valence-electron chi connectivity index (χ2n) is 12.7. The molecule has 12 heteroatoms. The van der Waals surface area contributed by atoms with E-state index in [-0.39, 0.29) is 55.3 Å². The second-order valence-corrected chi connectivity index (χ2v) is 12.7. The van der Waals surface area contributed by atoms with Gasteiger partial charge in [0.1, 0.15) is 17.2 Å². The van der Waals surface area contributed by atoms with Gasteiger partial charge < -0.3 is 30.7 Å². The Labute approximate surface area is 276 Å². The Kier molecular flexibility index (Phi) is 15.8. The number of alkyl carbamates (subject to hydrolysis) is 1. The average molecular weight is 661 g/mol. The lowest BCUT2D eigenvalue weighted by atomic mass is 9.97. The Bertz CT molecular complexity index is 1340. The van der Waals surface area contributed by atoms with Gasteiger partial charge in [-0.1, -0.05) is 13.8 Å². The molecule has 0 radical (unpaired) electrons. The van der Waals surface area contributed by atoms with E-state index >= 15 is 0 Å². The first-order valence-electron chi connectivity index (χ1n) is 16.2. The standard InChI is InChI=1S/C35H50F2N4O6/c1-7-14-41(15-8-2)33(45)26-17-23(3)16-25(21-26)32(44)40-29(20-24-18-27(36)22-28(37)19-24)30(42)11-13-38-31(43)10-9-12-39-34(46)47-35(4,5)6/h16-19,21-22,29-30,42H,7-15,20H2,1-6H3,(H,38,43)(H,39,46)(H,40,44)/t29-,30-/m0/s1. The number of nitrogens with zero attached hydrogens (tertiary/aromatic N) is 1. The molecule has 0 saturated carbocycles. The van der Waals surface area contributed by atoms with E-state index in [1.807, 2.05) is 13.8 Å². The van der Waals surface area contributed by atoms with Crippen LogP contribution in [0.4, 0.5) is 13.6 Å². The third kappa shape index (κ3) is 14.5. The van der Waals surface area contributed by atoms with Crippen molar-refractivity contribution in [2.24, 2.45) is 0 Å². The zero-order chi connectivity index (χ0) is 35.1. The molecule has 0 unspecified atom stereocenters. The molecule has 0 aromatic heterocycles. The molecule has 2 atom stereocenters. The third-order valence-electron chi connectivity index (χ3n) is 7.03. The van der Waals surface area contributed by atoms with Crippen molar-refractivity contribution in [3.05, 3.63) is 70.3 Å². The van der Waals surface area contributed by atoms with Gasteiger partial charge in [-0.2, -0.15) is 0 Å². The highest BCUT2D eigenvalue weighted by Crippen LogP contribution is 2.17. The fourth-order valence-electron chi connectivity index (χ4n) is 5.00. The summed E-state index contributed by atoms with van der Waals surface area (Å²) in [5, 5.41) is 19.2. The van der Waals surface area contributed by atoms with E-state index in [4.69, 9.17) is 4.74 Å². The molecule has 0 aliphatic heterocycles. The Morgan fingerprint density at radius 1 is 0.894 bits per heavy atom. The number of carbonyl (C=O) groups excluding carboxylic acids is 4. The molecule has 4 amide bonds. The van der Waals surface area contributed by atoms with Crippen LogP contribution in [-0.2, 0) is 16.0 Å². The number of hydrogen-bond acceptors (Lipinski definition) is 6. The van der Waals surface area contributed by atoms with E-state index in [0.717, 1.165) is 31.0 Å². The lowest BCUT2D eigenvalue weighted by Crippen LogP contribution is -2.46. The van der Waals surface area contributed by atoms with E-state index in [9.17, 15) is 33.1 Å². The molecular weight excluding hydrogens is 610 g/mol. The zero-order valence-electron chi connectivity index (χ0n) is 28.4. The van der Waals surface area contributed by atoms with E-state index in [1.54, 1.807) is 44.7 Å². The lowest BCUT2D eigenvalue weighted by molar-refractivity contribution is -0.121. The molecule has 0 heterocycles. The predicted octanol–water partition coefficient (Wildman–Crippen LogP) is 5.05. The first-order valence-corrected chi connectivity index (χ1v) is 16.2. The van der Waals surface area contributed by atoms with E-state index in [1.165, 1.54) is 6.07 Å². The van der Waals surface area contributed by atoms with Crippen LogP contribution in [0.2, 0.25) is 0 Å². The Hall–Kier alpha value is -4.06. The van der Waals surface area contributed by atoms with Gasteiger partial charge in [0.15, 0.2) is 0 Å². The number of nitrogens with one attached hydrogen (secondary N) is 3. The minimum Gasteiger partial charge on any atom is -0.444 e. The SMILES string of the molecule is CCCN(CCC)C(=O)c1cc(C)cc(C(=O)N[C@@H](Cc2cc(F)cc(F)c2)[C@@H](O)CCNC(=O)CCCNC(=O)OC(C)(C)C)c1. The van der Waals surface area contributed by atoms with Gasteiger partial charge >= 0.3 is 6.09 Å². The van der Waals surface area contributed by atoms with E-state index < -0.39 is 41.4 Å². The maximum atomic E-state index is 14.0. The molecule has 2 rings (SSSR count). The van der Waals surface area contributed by atoms with Gasteiger partial charge in [-0.05, 0) is 101 Å². The number of carbonyl (C=O) groups is 4. The highest BCUT2D eigenvalue weighted by molar-refractivity contribution is 6.00. The van der Waals surface area contributed by atoms with Crippen LogP contribution in [0, 0.1) is 18.6 Å². The van der Waals surface area contributed by atoms with Gasteiger partial charge in [-0.15, -0.1) is 0 Å². The highest BCUT2D eigenvalue weighted by Gasteiger charge is 2.25. The maximum absolute atomic E-state index is 14.0. The monoisotopic (exact) mass is 660 g/mol. The number of benzene rings is 2. The molecule has 0 fully saturated rings. The summed E-state index contributed by atoms with van der Waals surface area (Å²) >= 11 is 0. The molecule has 10 nitrogen and oxygen atoms in total. The number of aliphatic hydroxyl groups is 1. The summed E-state index contributed by atoms with van der Waals surface area (Å²) in [6, 6.07) is 6.86. The summed E-state index contributed by atoms with van der Waals surface area (Å²) in [5.41, 5.74) is 0.864. The highest BCUT2D eigenvalue weighted by atomic mass is 19.1. The molecule has 0 aliphatic carbocycles. The first kappa shape index (κ1) is 39.1. The van der Waals surface area contributed by atoms with Crippen LogP contribution >= 0.6 is 0 Å². The van der Waals surface area contributed by atoms with Gasteiger partial charge in [-0.3, -0.25) is 14.4 Å². The topological polar surface area (TPSA) is 137 Å². The van der Waals surface area contributed by atoms with Crippen molar-refractivity contribution in [3.8, 4) is 0 Å². The fraction of sp³-hybridized carbons (Fsp3) is 0.543. The summed E-state index contributed by atoms with van der Waals surface area (Å²) in [5.74, 6) is -2.64. The fourth-order valence-corrected chi connectivity index (χ4v) is 5.00. The summed E-state index contributed by atoms with van der Waals surface area (Å²) < 4.78 is 33.1. The Balaban J connectivity index is 2.10. The van der Waals surface area contributed by atoms with Crippen molar-refractivity contribution in [1.29, 1.82) is 0 Å². The molecule has 0 saturated heterocycles. The number of ether oxygens (including phenoxy) is 1. The maximum Gasteiger partial charge on any atom is 0.407 e. The molecule has 47 heavy (non-hydrogen) atoms. The number of aliphatic hydroxyl groups excluding tert-OH is 1. The van der Waals surface area contributed by atoms with Gasteiger partial charge in [0.25, 0.3) is 11.8 Å². The predicted molar refractivity (Wildman–Crippen MR) is 176 cm³/mol. The van der Waals surface area contributed by atoms with Crippen molar-refractivity contribution in [1.82, 2.24) is 20.9 Å². The largest absolute Gasteiger partial charge is 0.444 e. The quantitative estimate of drug-likeness (QED) is 0.175. The molecule has 0 spiro atoms. The van der Waals surface area contributed by atoms with Crippen molar-refractivity contribution in [2.75, 3.05) is 26.2 Å². The minimum atomic E-state index is -1.20. The van der Waals surface area contributed by atoms with Crippen molar-refractivity contribution in [3.63, 3.8) is 0 Å². The minimum absolute atomic E-state index is 0.0329. The van der Waals surface area contributed by atoms with Crippen LogP contribution in [0.15, 0.2) is 36.4 Å². The normalized spacial score (nSPS) is 12.5. The van der Waals surface area contributed by atoms with Crippen LogP contribution in [0.3, 0.4) is 0 Å². The number of amides is 4. The van der Waals surface area contributed by atoms with Crippen LogP contribution in [0.25, 0.3) is 0 Å². The molecule has 260 valence electrons. The van der Waals surface area contributed by atoms with Gasteiger partial charge in [-0.25, -0.2) is 13.6 Å². The van der Waals surface area contributed by atoms with Gasteiger partial charge in [0.05, 0.1) is 12.1 Å². The van der Waals surface area contributed by atoms with E-state index in [2.05, 4.69) is 16.0 Å². The zero-order valence-corrected chi connectivity index (χ0v) is 28.4. The summed E-state index contributed by atoms with van der Waals surface area (Å²) in [7, 11) is 0. The molecule has 4 N–H and O–H groups in total. The molecular formula is C35H50F2N4O6. The molecule has 0 bridgehead atoms. The van der Waals surface area contributed by atoms with Crippen LogP contribution in [0.1, 0.15) is 98.6 Å². The van der Waals surface area contributed by atoms with E-state index in [0.29, 0.717) is 30.6 Å². The summed E-state index contributed by atoms with van der Waals surface area (Å²) in [6.07, 6.45) is 0.235. The average Bonchev–Trinajstić information content (AvgIpc) is 2.96. The Morgan fingerprint density at radius 3 is 2.11 bits per heavy atom. The second kappa shape index (κ2) is 18.9. The van der Waals surface area contributed by atoms with Crippen LogP contribution < -0.4 is 16.0 Å².